The Morgan fingerprint density at radius 3 is 2.38 bits per heavy atom. The average molecular weight is 350 g/mol. The topological polar surface area (TPSA) is 58.6 Å². The molecule has 2 N–H and O–H groups in total. The summed E-state index contributed by atoms with van der Waals surface area (Å²) in [6, 6.07) is 16.5. The number of hydrogen-bond acceptors (Lipinski definition) is 4. The van der Waals surface area contributed by atoms with Gasteiger partial charge in [-0.2, -0.15) is 0 Å². The van der Waals surface area contributed by atoms with Crippen molar-refractivity contribution < 1.29 is 14.6 Å². The van der Waals surface area contributed by atoms with Crippen LogP contribution >= 0.6 is 12.4 Å². The molecule has 0 spiro atoms. The van der Waals surface area contributed by atoms with Gasteiger partial charge in [-0.05, 0) is 12.1 Å². The molecule has 1 unspecified atom stereocenters. The number of carbonyl (C=O) groups is 1. The number of hydrogen-bond donors (Lipinski definition) is 2. The van der Waals surface area contributed by atoms with Gasteiger partial charge in [0, 0.05) is 18.2 Å². The van der Waals surface area contributed by atoms with Crippen LogP contribution in [0.15, 0.2) is 54.6 Å². The van der Waals surface area contributed by atoms with Crippen molar-refractivity contribution in [2.75, 3.05) is 13.2 Å². The molecule has 130 valence electrons. The van der Waals surface area contributed by atoms with Crippen LogP contribution in [-0.2, 0) is 0 Å². The second kappa shape index (κ2) is 10.1. The monoisotopic (exact) mass is 349 g/mol. The van der Waals surface area contributed by atoms with E-state index in [4.69, 9.17) is 4.74 Å². The summed E-state index contributed by atoms with van der Waals surface area (Å²) in [5.74, 6) is 0.404. The third-order valence-corrected chi connectivity index (χ3v) is 3.36. The second-order valence-electron chi connectivity index (χ2n) is 5.72. The molecule has 0 heterocycles. The zero-order valence-corrected chi connectivity index (χ0v) is 14.8. The first-order valence-corrected chi connectivity index (χ1v) is 7.81. The number of benzene rings is 2. The summed E-state index contributed by atoms with van der Waals surface area (Å²) in [4.78, 5) is 12.6. The van der Waals surface area contributed by atoms with Crippen LogP contribution in [-0.4, -0.2) is 36.2 Å². The minimum atomic E-state index is -0.628. The van der Waals surface area contributed by atoms with Crippen molar-refractivity contribution >= 4 is 18.2 Å². The molecular weight excluding hydrogens is 326 g/mol. The predicted molar refractivity (Wildman–Crippen MR) is 98.2 cm³/mol. The Morgan fingerprint density at radius 1 is 1.08 bits per heavy atom. The Bertz CT molecular complexity index is 632. The number of halogens is 1. The number of aliphatic hydroxyl groups excluding tert-OH is 1. The molecule has 2 aromatic rings. The van der Waals surface area contributed by atoms with Crippen LogP contribution in [0.3, 0.4) is 0 Å². The summed E-state index contributed by atoms with van der Waals surface area (Å²) in [6.07, 6.45) is -0.628. The van der Waals surface area contributed by atoms with Gasteiger partial charge in [-0.25, -0.2) is 0 Å². The number of ether oxygens (including phenoxy) is 1. The highest BCUT2D eigenvalue weighted by atomic mass is 35.5. The summed E-state index contributed by atoms with van der Waals surface area (Å²) in [6.45, 7) is 4.62. The van der Waals surface area contributed by atoms with E-state index in [1.807, 2.05) is 38.1 Å². The van der Waals surface area contributed by atoms with Crippen LogP contribution in [0.25, 0.3) is 0 Å². The first-order chi connectivity index (χ1) is 11.1. The average Bonchev–Trinajstić information content (AvgIpc) is 2.58. The molecule has 0 saturated heterocycles. The Morgan fingerprint density at radius 2 is 1.71 bits per heavy atom. The third-order valence-electron chi connectivity index (χ3n) is 3.36. The lowest BCUT2D eigenvalue weighted by Crippen LogP contribution is -2.35. The second-order valence-corrected chi connectivity index (χ2v) is 5.72. The van der Waals surface area contributed by atoms with Gasteiger partial charge in [0.1, 0.15) is 18.5 Å². The van der Waals surface area contributed by atoms with E-state index in [0.717, 1.165) is 0 Å². The fraction of sp³-hybridized carbons (Fsp3) is 0.316. The molecule has 0 aliphatic heterocycles. The summed E-state index contributed by atoms with van der Waals surface area (Å²) >= 11 is 0. The largest absolute Gasteiger partial charge is 0.490 e. The van der Waals surface area contributed by atoms with Crippen molar-refractivity contribution in [3.63, 3.8) is 0 Å². The molecule has 0 radical (unpaired) electrons. The number of carbonyl (C=O) groups excluding carboxylic acids is 1. The molecule has 1 atom stereocenters. The predicted octanol–water partition coefficient (Wildman–Crippen LogP) is 3.08. The highest BCUT2D eigenvalue weighted by molar-refractivity contribution is 6.10. The summed E-state index contributed by atoms with van der Waals surface area (Å²) < 4.78 is 5.66. The summed E-state index contributed by atoms with van der Waals surface area (Å²) in [5, 5.41) is 13.1. The lowest BCUT2D eigenvalue weighted by atomic mass is 10.0. The van der Waals surface area contributed by atoms with E-state index in [1.54, 1.807) is 30.3 Å². The van der Waals surface area contributed by atoms with Gasteiger partial charge in [0.2, 0.25) is 0 Å². The maximum atomic E-state index is 12.6. The van der Waals surface area contributed by atoms with E-state index in [2.05, 4.69) is 5.32 Å². The van der Waals surface area contributed by atoms with E-state index in [-0.39, 0.29) is 24.8 Å². The van der Waals surface area contributed by atoms with Crippen molar-refractivity contribution in [1.29, 1.82) is 0 Å². The molecular formula is C19H24ClNO3. The van der Waals surface area contributed by atoms with E-state index >= 15 is 0 Å². The number of ketones is 1. The number of rotatable bonds is 8. The molecule has 0 bridgehead atoms. The SMILES string of the molecule is CC(C)NCC(O)COc1ccccc1C(=O)c1ccccc1.Cl. The molecule has 4 nitrogen and oxygen atoms in total. The molecule has 0 saturated carbocycles. The van der Waals surface area contributed by atoms with Gasteiger partial charge in [0.05, 0.1) is 5.56 Å². The van der Waals surface area contributed by atoms with Crippen molar-refractivity contribution in [3.05, 3.63) is 65.7 Å². The van der Waals surface area contributed by atoms with Crippen LogP contribution in [0.4, 0.5) is 0 Å². The van der Waals surface area contributed by atoms with Gasteiger partial charge in [-0.15, -0.1) is 12.4 Å². The van der Waals surface area contributed by atoms with Gasteiger partial charge in [-0.1, -0.05) is 56.3 Å². The van der Waals surface area contributed by atoms with Gasteiger partial charge in [0.25, 0.3) is 0 Å². The maximum absolute atomic E-state index is 12.6. The minimum absolute atomic E-state index is 0. The molecule has 0 fully saturated rings. The molecule has 0 aliphatic rings. The number of aliphatic hydroxyl groups is 1. The first kappa shape index (κ1) is 20.2. The third kappa shape index (κ3) is 5.96. The lowest BCUT2D eigenvalue weighted by Gasteiger charge is -2.16. The van der Waals surface area contributed by atoms with E-state index in [9.17, 15) is 9.90 Å². The first-order valence-electron chi connectivity index (χ1n) is 7.81. The molecule has 2 rings (SSSR count). The fourth-order valence-electron chi connectivity index (χ4n) is 2.14. The molecule has 5 heteroatoms. The smallest absolute Gasteiger partial charge is 0.196 e. The van der Waals surface area contributed by atoms with Crippen LogP contribution in [0.2, 0.25) is 0 Å². The van der Waals surface area contributed by atoms with Crippen LogP contribution in [0, 0.1) is 0 Å². The van der Waals surface area contributed by atoms with E-state index < -0.39 is 6.10 Å². The Hall–Kier alpha value is -1.88. The Balaban J connectivity index is 0.00000288. The van der Waals surface area contributed by atoms with Crippen molar-refractivity contribution in [3.8, 4) is 5.75 Å². The van der Waals surface area contributed by atoms with Gasteiger partial charge < -0.3 is 15.2 Å². The standard InChI is InChI=1S/C19H23NO3.ClH/c1-14(2)20-12-16(21)13-23-18-11-7-6-10-17(18)19(22)15-8-4-3-5-9-15;/h3-11,14,16,20-21H,12-13H2,1-2H3;1H. The lowest BCUT2D eigenvalue weighted by molar-refractivity contribution is 0.0982. The molecule has 0 aliphatic carbocycles. The Labute approximate surface area is 149 Å². The Kier molecular flexibility index (Phi) is 8.47. The van der Waals surface area contributed by atoms with Crippen molar-refractivity contribution in [2.45, 2.75) is 26.0 Å². The van der Waals surface area contributed by atoms with Crippen LogP contribution in [0.1, 0.15) is 29.8 Å². The normalized spacial score (nSPS) is 11.7. The van der Waals surface area contributed by atoms with E-state index in [0.29, 0.717) is 29.5 Å². The van der Waals surface area contributed by atoms with Gasteiger partial charge >= 0.3 is 0 Å². The van der Waals surface area contributed by atoms with Gasteiger partial charge in [0.15, 0.2) is 5.78 Å². The maximum Gasteiger partial charge on any atom is 0.196 e. The number of nitrogens with one attached hydrogen (secondary N) is 1. The quantitative estimate of drug-likeness (QED) is 0.719. The molecule has 2 aromatic carbocycles. The van der Waals surface area contributed by atoms with Gasteiger partial charge in [-0.3, -0.25) is 4.79 Å². The highest BCUT2D eigenvalue weighted by Gasteiger charge is 2.15. The summed E-state index contributed by atoms with van der Waals surface area (Å²) in [5.41, 5.74) is 1.12. The number of para-hydroxylation sites is 1. The van der Waals surface area contributed by atoms with Crippen molar-refractivity contribution in [2.24, 2.45) is 0 Å². The molecule has 24 heavy (non-hydrogen) atoms. The van der Waals surface area contributed by atoms with Crippen LogP contribution in [0.5, 0.6) is 5.75 Å². The molecule has 0 aromatic heterocycles. The summed E-state index contributed by atoms with van der Waals surface area (Å²) in [7, 11) is 0. The molecule has 0 amide bonds. The fourth-order valence-corrected chi connectivity index (χ4v) is 2.14. The minimum Gasteiger partial charge on any atom is -0.490 e. The van der Waals surface area contributed by atoms with E-state index in [1.165, 1.54) is 0 Å². The zero-order chi connectivity index (χ0) is 16.7. The highest BCUT2D eigenvalue weighted by Crippen LogP contribution is 2.21. The van der Waals surface area contributed by atoms with Crippen molar-refractivity contribution in [1.82, 2.24) is 5.32 Å². The van der Waals surface area contributed by atoms with Crippen LogP contribution < -0.4 is 10.1 Å². The zero-order valence-electron chi connectivity index (χ0n) is 13.9.